The van der Waals surface area contributed by atoms with Gasteiger partial charge in [-0.3, -0.25) is 0 Å². The van der Waals surface area contributed by atoms with Crippen LogP contribution in [0.5, 0.6) is 0 Å². The molecule has 1 heterocycles. The fraction of sp³-hybridized carbons (Fsp3) is 0.538. The van der Waals surface area contributed by atoms with Crippen molar-refractivity contribution >= 4 is 23.2 Å². The first-order valence-electron chi connectivity index (χ1n) is 5.83. The third-order valence-electron chi connectivity index (χ3n) is 3.16. The van der Waals surface area contributed by atoms with E-state index in [1.54, 1.807) is 6.07 Å². The smallest absolute Gasteiger partial charge is 0.0710 e. The van der Waals surface area contributed by atoms with Crippen LogP contribution in [-0.2, 0) is 11.2 Å². The van der Waals surface area contributed by atoms with Crippen LogP contribution in [0.4, 0.5) is 0 Å². The van der Waals surface area contributed by atoms with E-state index in [0.29, 0.717) is 29.5 Å². The summed E-state index contributed by atoms with van der Waals surface area (Å²) in [4.78, 5) is 0. The molecule has 0 amide bonds. The minimum Gasteiger partial charge on any atom is -0.389 e. The second-order valence-corrected chi connectivity index (χ2v) is 5.43. The third kappa shape index (κ3) is 3.59. The first kappa shape index (κ1) is 13.2. The highest BCUT2D eigenvalue weighted by Gasteiger charge is 2.28. The van der Waals surface area contributed by atoms with Crippen LogP contribution in [0, 0.1) is 0 Å². The Labute approximate surface area is 111 Å². The standard InChI is InChI=1S/C13H16Cl2O2/c14-11-3-2-10(8-12(11)15)9-13(16)4-1-6-17-7-5-13/h2-3,8,16H,1,4-7,9H2. The molecule has 0 spiro atoms. The van der Waals surface area contributed by atoms with E-state index in [1.807, 2.05) is 12.1 Å². The van der Waals surface area contributed by atoms with Gasteiger partial charge in [0.2, 0.25) is 0 Å². The Hall–Kier alpha value is -0.280. The lowest BCUT2D eigenvalue weighted by Gasteiger charge is -2.26. The molecule has 0 aliphatic carbocycles. The molecule has 0 bridgehead atoms. The van der Waals surface area contributed by atoms with Crippen molar-refractivity contribution in [2.24, 2.45) is 0 Å². The van der Waals surface area contributed by atoms with E-state index in [0.717, 1.165) is 25.0 Å². The van der Waals surface area contributed by atoms with E-state index in [2.05, 4.69) is 0 Å². The van der Waals surface area contributed by atoms with Crippen LogP contribution in [0.25, 0.3) is 0 Å². The molecule has 1 fully saturated rings. The summed E-state index contributed by atoms with van der Waals surface area (Å²) in [7, 11) is 0. The molecule has 2 rings (SSSR count). The number of hydrogen-bond acceptors (Lipinski definition) is 2. The van der Waals surface area contributed by atoms with Gasteiger partial charge in [-0.1, -0.05) is 29.3 Å². The van der Waals surface area contributed by atoms with Gasteiger partial charge in [0.15, 0.2) is 0 Å². The van der Waals surface area contributed by atoms with Crippen LogP contribution in [0.15, 0.2) is 18.2 Å². The van der Waals surface area contributed by atoms with Crippen molar-refractivity contribution in [1.82, 2.24) is 0 Å². The zero-order valence-electron chi connectivity index (χ0n) is 9.59. The van der Waals surface area contributed by atoms with Gasteiger partial charge in [0, 0.05) is 19.6 Å². The highest BCUT2D eigenvalue weighted by molar-refractivity contribution is 6.42. The summed E-state index contributed by atoms with van der Waals surface area (Å²) in [6.45, 7) is 1.36. The molecule has 1 saturated heterocycles. The maximum atomic E-state index is 10.5. The van der Waals surface area contributed by atoms with Gasteiger partial charge in [0.1, 0.15) is 0 Å². The molecule has 1 aromatic rings. The molecule has 1 aromatic carbocycles. The van der Waals surface area contributed by atoms with Crippen molar-refractivity contribution in [3.05, 3.63) is 33.8 Å². The summed E-state index contributed by atoms with van der Waals surface area (Å²) in [5, 5.41) is 11.6. The predicted molar refractivity (Wildman–Crippen MR) is 69.8 cm³/mol. The van der Waals surface area contributed by atoms with Crippen LogP contribution in [0.1, 0.15) is 24.8 Å². The lowest BCUT2D eigenvalue weighted by Crippen LogP contribution is -2.31. The van der Waals surface area contributed by atoms with E-state index in [4.69, 9.17) is 27.9 Å². The zero-order valence-corrected chi connectivity index (χ0v) is 11.1. The molecule has 1 N–H and O–H groups in total. The maximum Gasteiger partial charge on any atom is 0.0710 e. The Bertz CT molecular complexity index is 385. The van der Waals surface area contributed by atoms with Crippen LogP contribution < -0.4 is 0 Å². The van der Waals surface area contributed by atoms with Gasteiger partial charge in [0.05, 0.1) is 15.6 Å². The van der Waals surface area contributed by atoms with E-state index in [9.17, 15) is 5.11 Å². The monoisotopic (exact) mass is 274 g/mol. The first-order chi connectivity index (χ1) is 8.09. The van der Waals surface area contributed by atoms with Gasteiger partial charge in [-0.25, -0.2) is 0 Å². The molecular weight excluding hydrogens is 259 g/mol. The number of aliphatic hydroxyl groups is 1. The van der Waals surface area contributed by atoms with Crippen molar-refractivity contribution in [2.45, 2.75) is 31.3 Å². The molecule has 1 unspecified atom stereocenters. The molecule has 4 heteroatoms. The first-order valence-corrected chi connectivity index (χ1v) is 6.59. The topological polar surface area (TPSA) is 29.5 Å². The van der Waals surface area contributed by atoms with E-state index in [-0.39, 0.29) is 0 Å². The summed E-state index contributed by atoms with van der Waals surface area (Å²) < 4.78 is 5.36. The molecule has 1 atom stereocenters. The number of ether oxygens (including phenoxy) is 1. The van der Waals surface area contributed by atoms with Crippen molar-refractivity contribution in [3.8, 4) is 0 Å². The maximum absolute atomic E-state index is 10.5. The Kier molecular flexibility index (Phi) is 4.31. The van der Waals surface area contributed by atoms with Crippen LogP contribution >= 0.6 is 23.2 Å². The van der Waals surface area contributed by atoms with Crippen LogP contribution in [0.3, 0.4) is 0 Å². The van der Waals surface area contributed by atoms with Crippen molar-refractivity contribution in [2.75, 3.05) is 13.2 Å². The van der Waals surface area contributed by atoms with Gasteiger partial charge in [0.25, 0.3) is 0 Å². The quantitative estimate of drug-likeness (QED) is 0.895. The lowest BCUT2D eigenvalue weighted by atomic mass is 9.88. The highest BCUT2D eigenvalue weighted by Crippen LogP contribution is 2.29. The fourth-order valence-electron chi connectivity index (χ4n) is 2.20. The molecule has 1 aliphatic rings. The molecule has 1 aliphatic heterocycles. The lowest BCUT2D eigenvalue weighted by molar-refractivity contribution is 0.0189. The second kappa shape index (κ2) is 5.57. The molecule has 94 valence electrons. The van der Waals surface area contributed by atoms with Crippen LogP contribution in [0.2, 0.25) is 10.0 Å². The average Bonchev–Trinajstić information content (AvgIpc) is 2.49. The minimum absolute atomic E-state index is 0.539. The summed E-state index contributed by atoms with van der Waals surface area (Å²) in [6, 6.07) is 5.52. The largest absolute Gasteiger partial charge is 0.389 e. The van der Waals surface area contributed by atoms with E-state index in [1.165, 1.54) is 0 Å². The molecule has 0 radical (unpaired) electrons. The fourth-order valence-corrected chi connectivity index (χ4v) is 2.52. The summed E-state index contributed by atoms with van der Waals surface area (Å²) in [6.07, 6.45) is 2.95. The Balaban J connectivity index is 2.10. The number of rotatable bonds is 2. The summed E-state index contributed by atoms with van der Waals surface area (Å²) in [5.41, 5.74) is 0.344. The van der Waals surface area contributed by atoms with Gasteiger partial charge < -0.3 is 9.84 Å². The zero-order chi connectivity index (χ0) is 12.3. The van der Waals surface area contributed by atoms with E-state index < -0.39 is 5.60 Å². The predicted octanol–water partition coefficient (Wildman–Crippen LogP) is 3.47. The van der Waals surface area contributed by atoms with Crippen molar-refractivity contribution in [3.63, 3.8) is 0 Å². The Morgan fingerprint density at radius 2 is 2.00 bits per heavy atom. The molecule has 0 saturated carbocycles. The highest BCUT2D eigenvalue weighted by atomic mass is 35.5. The summed E-state index contributed by atoms with van der Waals surface area (Å²) in [5.74, 6) is 0. The van der Waals surface area contributed by atoms with Gasteiger partial charge in [-0.05, 0) is 37.0 Å². The number of benzene rings is 1. The van der Waals surface area contributed by atoms with Crippen molar-refractivity contribution in [1.29, 1.82) is 0 Å². The molecule has 17 heavy (non-hydrogen) atoms. The second-order valence-electron chi connectivity index (χ2n) is 4.62. The molecule has 0 aromatic heterocycles. The van der Waals surface area contributed by atoms with Gasteiger partial charge in [-0.15, -0.1) is 0 Å². The Morgan fingerprint density at radius 3 is 2.76 bits per heavy atom. The molecule has 2 nitrogen and oxygen atoms in total. The number of halogens is 2. The minimum atomic E-state index is -0.673. The van der Waals surface area contributed by atoms with E-state index >= 15 is 0 Å². The van der Waals surface area contributed by atoms with Gasteiger partial charge in [-0.2, -0.15) is 0 Å². The average molecular weight is 275 g/mol. The Morgan fingerprint density at radius 1 is 1.18 bits per heavy atom. The third-order valence-corrected chi connectivity index (χ3v) is 3.90. The van der Waals surface area contributed by atoms with Crippen molar-refractivity contribution < 1.29 is 9.84 Å². The number of hydrogen-bond donors (Lipinski definition) is 1. The normalized spacial score (nSPS) is 25.6. The van der Waals surface area contributed by atoms with Crippen LogP contribution in [-0.4, -0.2) is 23.9 Å². The summed E-state index contributed by atoms with van der Waals surface area (Å²) >= 11 is 11.8. The SMILES string of the molecule is OC1(Cc2ccc(Cl)c(Cl)c2)CCCOCC1. The van der Waals surface area contributed by atoms with Gasteiger partial charge >= 0.3 is 0 Å². The molecular formula is C13H16Cl2O2.